The Morgan fingerprint density at radius 2 is 2.17 bits per heavy atom. The highest BCUT2D eigenvalue weighted by atomic mass is 35.5. The van der Waals surface area contributed by atoms with Crippen molar-refractivity contribution in [2.75, 3.05) is 17.2 Å². The predicted octanol–water partition coefficient (Wildman–Crippen LogP) is 4.15. The molecule has 154 valence electrons. The third-order valence-corrected chi connectivity index (χ3v) is 5.63. The first-order valence-electron chi connectivity index (χ1n) is 9.68. The summed E-state index contributed by atoms with van der Waals surface area (Å²) in [6.45, 7) is 4.50. The number of aliphatic hydroxyl groups is 1. The first-order valence-corrected chi connectivity index (χ1v) is 10.1. The van der Waals surface area contributed by atoms with Gasteiger partial charge in [-0.05, 0) is 54.9 Å². The van der Waals surface area contributed by atoms with Crippen molar-refractivity contribution in [1.29, 1.82) is 5.26 Å². The van der Waals surface area contributed by atoms with Gasteiger partial charge in [-0.25, -0.2) is 9.37 Å². The fraction of sp³-hybridized carbons (Fsp3) is 0.476. The Morgan fingerprint density at radius 1 is 1.38 bits per heavy atom. The van der Waals surface area contributed by atoms with Gasteiger partial charge in [-0.1, -0.05) is 25.4 Å². The van der Waals surface area contributed by atoms with Crippen LogP contribution in [0.5, 0.6) is 0 Å². The fourth-order valence-corrected chi connectivity index (χ4v) is 3.84. The number of benzene rings is 1. The summed E-state index contributed by atoms with van der Waals surface area (Å²) in [5, 5.41) is 26.4. The number of nitrogens with one attached hydrogen (secondary N) is 2. The molecule has 1 aromatic carbocycles. The number of nitriles is 1. The van der Waals surface area contributed by atoms with Gasteiger partial charge in [-0.3, -0.25) is 0 Å². The summed E-state index contributed by atoms with van der Waals surface area (Å²) < 4.78 is 13.8. The average Bonchev–Trinajstić information content (AvgIpc) is 2.67. The van der Waals surface area contributed by atoms with E-state index >= 15 is 0 Å². The van der Waals surface area contributed by atoms with Crippen LogP contribution in [0, 0.1) is 22.6 Å². The van der Waals surface area contributed by atoms with Gasteiger partial charge in [0.15, 0.2) is 0 Å². The number of rotatable bonds is 6. The zero-order valence-electron chi connectivity index (χ0n) is 16.5. The largest absolute Gasteiger partial charge is 0.393 e. The molecule has 1 aromatic heterocycles. The third-order valence-electron chi connectivity index (χ3n) is 5.40. The quantitative estimate of drug-likeness (QED) is 0.653. The minimum atomic E-state index is -0.328. The molecule has 2 atom stereocenters. The Labute approximate surface area is 175 Å². The van der Waals surface area contributed by atoms with Crippen molar-refractivity contribution in [1.82, 2.24) is 9.97 Å². The van der Waals surface area contributed by atoms with E-state index in [0.717, 1.165) is 12.8 Å². The number of anilines is 2. The topological polar surface area (TPSA) is 93.9 Å². The van der Waals surface area contributed by atoms with Gasteiger partial charge >= 0.3 is 0 Å². The van der Waals surface area contributed by atoms with Crippen molar-refractivity contribution in [3.8, 4) is 6.07 Å². The van der Waals surface area contributed by atoms with Crippen LogP contribution >= 0.6 is 11.6 Å². The number of hydrogen-bond acceptors (Lipinski definition) is 6. The fourth-order valence-electron chi connectivity index (χ4n) is 3.64. The molecule has 3 rings (SSSR count). The lowest BCUT2D eigenvalue weighted by Crippen LogP contribution is -2.41. The zero-order valence-corrected chi connectivity index (χ0v) is 17.3. The maximum absolute atomic E-state index is 13.8. The van der Waals surface area contributed by atoms with Crippen LogP contribution < -0.4 is 10.6 Å². The number of aliphatic hydroxyl groups excluding tert-OH is 1. The second-order valence-electron chi connectivity index (χ2n) is 8.11. The number of halogens is 2. The van der Waals surface area contributed by atoms with Gasteiger partial charge in [0.05, 0.1) is 12.3 Å². The Morgan fingerprint density at radius 3 is 2.90 bits per heavy atom. The molecule has 2 aromatic rings. The first kappa shape index (κ1) is 21.3. The highest BCUT2D eigenvalue weighted by Crippen LogP contribution is 2.36. The van der Waals surface area contributed by atoms with E-state index in [9.17, 15) is 14.8 Å². The van der Waals surface area contributed by atoms with Gasteiger partial charge in [-0.15, -0.1) is 0 Å². The summed E-state index contributed by atoms with van der Waals surface area (Å²) in [6.07, 6.45) is 3.85. The van der Waals surface area contributed by atoms with E-state index in [2.05, 4.69) is 26.7 Å². The Kier molecular flexibility index (Phi) is 6.56. The van der Waals surface area contributed by atoms with Crippen LogP contribution in [0.25, 0.3) is 0 Å². The molecule has 3 N–H and O–H groups in total. The van der Waals surface area contributed by atoms with Crippen LogP contribution in [0.3, 0.4) is 0 Å². The summed E-state index contributed by atoms with van der Waals surface area (Å²) in [7, 11) is 0. The lowest BCUT2D eigenvalue weighted by atomic mass is 9.73. The van der Waals surface area contributed by atoms with Crippen molar-refractivity contribution in [2.45, 2.75) is 51.7 Å². The van der Waals surface area contributed by atoms with Gasteiger partial charge in [0, 0.05) is 17.6 Å². The molecule has 0 saturated heterocycles. The molecule has 6 nitrogen and oxygen atoms in total. The molecule has 29 heavy (non-hydrogen) atoms. The molecule has 0 bridgehead atoms. The van der Waals surface area contributed by atoms with Gasteiger partial charge in [0.2, 0.25) is 5.95 Å². The second kappa shape index (κ2) is 8.93. The van der Waals surface area contributed by atoms with E-state index in [4.69, 9.17) is 11.6 Å². The number of aromatic nitrogens is 2. The smallest absolute Gasteiger partial charge is 0.224 e. The van der Waals surface area contributed by atoms with Crippen molar-refractivity contribution in [3.63, 3.8) is 0 Å². The standard InChI is InChI=1S/C21H25ClFN5O/c1-21(2)10-16(4-6-18(21)29)27-19-14(11-24)12-26-20(28-19)25-8-7-13-9-15(22)3-5-17(13)23/h3,5,9,12,16,18,29H,4,6-8,10H2,1-2H3,(H2,25,26,27,28)/t16-,18+/m1/s1. The van der Waals surface area contributed by atoms with Crippen molar-refractivity contribution < 1.29 is 9.50 Å². The molecule has 1 aliphatic carbocycles. The van der Waals surface area contributed by atoms with E-state index < -0.39 is 0 Å². The molecule has 8 heteroatoms. The van der Waals surface area contributed by atoms with Gasteiger partial charge in [0.25, 0.3) is 0 Å². The van der Waals surface area contributed by atoms with Crippen molar-refractivity contribution in [3.05, 3.63) is 46.4 Å². The highest BCUT2D eigenvalue weighted by Gasteiger charge is 2.35. The molecule has 0 amide bonds. The summed E-state index contributed by atoms with van der Waals surface area (Å²) in [6, 6.07) is 6.69. The predicted molar refractivity (Wildman–Crippen MR) is 111 cm³/mol. The van der Waals surface area contributed by atoms with Crippen LogP contribution in [0.1, 0.15) is 44.2 Å². The molecular formula is C21H25ClFN5O. The molecule has 1 heterocycles. The maximum Gasteiger partial charge on any atom is 0.224 e. The lowest BCUT2D eigenvalue weighted by molar-refractivity contribution is 0.00926. The van der Waals surface area contributed by atoms with Crippen molar-refractivity contribution >= 4 is 23.4 Å². The summed E-state index contributed by atoms with van der Waals surface area (Å²) in [5.74, 6) is 0.529. The molecule has 1 fully saturated rings. The third kappa shape index (κ3) is 5.34. The molecule has 1 saturated carbocycles. The van der Waals surface area contributed by atoms with Crippen LogP contribution in [0.2, 0.25) is 5.02 Å². The van der Waals surface area contributed by atoms with Crippen LogP contribution in [-0.2, 0) is 6.42 Å². The minimum absolute atomic E-state index is 0.115. The second-order valence-corrected chi connectivity index (χ2v) is 8.54. The van der Waals surface area contributed by atoms with Crippen LogP contribution in [0.15, 0.2) is 24.4 Å². The van der Waals surface area contributed by atoms with E-state index in [-0.39, 0.29) is 23.4 Å². The SMILES string of the molecule is CC1(C)C[C@H](Nc2nc(NCCc3cc(Cl)ccc3F)ncc2C#N)CC[C@@H]1O. The normalized spacial score (nSPS) is 20.7. The zero-order chi connectivity index (χ0) is 21.0. The Hall–Kier alpha value is -2.43. The number of hydrogen-bond donors (Lipinski definition) is 3. The molecule has 0 unspecified atom stereocenters. The molecule has 1 aliphatic rings. The van der Waals surface area contributed by atoms with E-state index in [1.54, 1.807) is 6.07 Å². The first-order chi connectivity index (χ1) is 13.8. The van der Waals surface area contributed by atoms with E-state index in [1.165, 1.54) is 18.3 Å². The highest BCUT2D eigenvalue weighted by molar-refractivity contribution is 6.30. The van der Waals surface area contributed by atoms with E-state index in [1.807, 2.05) is 13.8 Å². The molecule has 0 aliphatic heterocycles. The van der Waals surface area contributed by atoms with Crippen molar-refractivity contribution in [2.24, 2.45) is 5.41 Å². The Bertz CT molecular complexity index is 914. The summed E-state index contributed by atoms with van der Waals surface area (Å²) in [4.78, 5) is 8.61. The Balaban J connectivity index is 1.66. The van der Waals surface area contributed by atoms with Crippen LogP contribution in [0.4, 0.5) is 16.2 Å². The van der Waals surface area contributed by atoms with Gasteiger partial charge in [0.1, 0.15) is 23.3 Å². The minimum Gasteiger partial charge on any atom is -0.393 e. The number of nitrogens with zero attached hydrogens (tertiary/aromatic N) is 3. The van der Waals surface area contributed by atoms with Gasteiger partial charge in [-0.2, -0.15) is 10.2 Å². The van der Waals surface area contributed by atoms with E-state index in [0.29, 0.717) is 47.3 Å². The summed E-state index contributed by atoms with van der Waals surface area (Å²) in [5.41, 5.74) is 0.679. The molecule has 0 radical (unpaired) electrons. The molecule has 0 spiro atoms. The average molecular weight is 418 g/mol. The summed E-state index contributed by atoms with van der Waals surface area (Å²) >= 11 is 5.92. The monoisotopic (exact) mass is 417 g/mol. The lowest BCUT2D eigenvalue weighted by Gasteiger charge is -2.40. The molecular weight excluding hydrogens is 393 g/mol. The van der Waals surface area contributed by atoms with Gasteiger partial charge < -0.3 is 15.7 Å². The van der Waals surface area contributed by atoms with Crippen LogP contribution in [-0.4, -0.2) is 33.8 Å². The maximum atomic E-state index is 13.8.